The molecule has 0 atom stereocenters. The minimum atomic E-state index is -0.276. The van der Waals surface area contributed by atoms with Crippen molar-refractivity contribution in [3.63, 3.8) is 0 Å². The van der Waals surface area contributed by atoms with Gasteiger partial charge in [-0.3, -0.25) is 13.9 Å². The van der Waals surface area contributed by atoms with Crippen molar-refractivity contribution >= 4 is 11.2 Å². The molecule has 0 unspecified atom stereocenters. The first-order chi connectivity index (χ1) is 10.6. The van der Waals surface area contributed by atoms with E-state index >= 15 is 0 Å². The van der Waals surface area contributed by atoms with Crippen molar-refractivity contribution in [3.8, 4) is 0 Å². The normalized spacial score (nSPS) is 16.5. The van der Waals surface area contributed by atoms with Crippen molar-refractivity contribution in [2.24, 2.45) is 7.05 Å². The zero-order valence-corrected chi connectivity index (χ0v) is 13.2. The molecule has 1 N–H and O–H groups in total. The van der Waals surface area contributed by atoms with Crippen LogP contribution in [0.3, 0.4) is 0 Å². The second kappa shape index (κ2) is 6.08. The van der Waals surface area contributed by atoms with Crippen molar-refractivity contribution in [2.45, 2.75) is 45.2 Å². The number of aryl methyl sites for hydroxylation is 1. The van der Waals surface area contributed by atoms with Crippen LogP contribution in [0.5, 0.6) is 0 Å². The zero-order chi connectivity index (χ0) is 15.7. The number of unbranched alkanes of at least 4 members (excludes halogenated alkanes) is 1. The Morgan fingerprint density at radius 3 is 2.73 bits per heavy atom. The first kappa shape index (κ1) is 15.0. The molecule has 0 aliphatic carbocycles. The molecule has 1 aliphatic heterocycles. The van der Waals surface area contributed by atoms with E-state index in [1.165, 1.54) is 4.57 Å². The second-order valence-corrected chi connectivity index (χ2v) is 5.96. The van der Waals surface area contributed by atoms with Gasteiger partial charge >= 0.3 is 5.69 Å². The van der Waals surface area contributed by atoms with Crippen molar-refractivity contribution in [1.82, 2.24) is 24.0 Å². The summed E-state index contributed by atoms with van der Waals surface area (Å²) in [6, 6.07) is 0.274. The van der Waals surface area contributed by atoms with Gasteiger partial charge in [0.25, 0.3) is 5.56 Å². The lowest BCUT2D eigenvalue weighted by molar-refractivity contribution is 0.374. The van der Waals surface area contributed by atoms with Gasteiger partial charge in [0.05, 0.1) is 6.33 Å². The summed E-state index contributed by atoms with van der Waals surface area (Å²) < 4.78 is 4.81. The van der Waals surface area contributed by atoms with Crippen LogP contribution in [0, 0.1) is 0 Å². The average molecular weight is 305 g/mol. The zero-order valence-electron chi connectivity index (χ0n) is 13.2. The fourth-order valence-corrected chi connectivity index (χ4v) is 3.15. The summed E-state index contributed by atoms with van der Waals surface area (Å²) in [5.41, 5.74) is 0.565. The molecule has 0 radical (unpaired) electrons. The van der Waals surface area contributed by atoms with Crippen LogP contribution in [0.2, 0.25) is 0 Å². The molecule has 0 amide bonds. The molecular weight excluding hydrogens is 282 g/mol. The number of hydrogen-bond donors (Lipinski definition) is 1. The van der Waals surface area contributed by atoms with E-state index in [2.05, 4.69) is 17.2 Å². The van der Waals surface area contributed by atoms with E-state index in [0.29, 0.717) is 17.7 Å². The first-order valence-electron chi connectivity index (χ1n) is 8.02. The van der Waals surface area contributed by atoms with Crippen LogP contribution in [0.1, 0.15) is 38.6 Å². The van der Waals surface area contributed by atoms with Crippen molar-refractivity contribution in [1.29, 1.82) is 0 Å². The molecule has 2 aromatic rings. The maximum atomic E-state index is 12.6. The smallest absolute Gasteiger partial charge is 0.322 e. The maximum absolute atomic E-state index is 12.6. The van der Waals surface area contributed by atoms with E-state index in [-0.39, 0.29) is 17.3 Å². The highest BCUT2D eigenvalue weighted by Gasteiger charge is 2.22. The quantitative estimate of drug-likeness (QED) is 0.899. The fourth-order valence-electron chi connectivity index (χ4n) is 3.15. The number of aromatic nitrogens is 4. The molecule has 3 heterocycles. The van der Waals surface area contributed by atoms with Gasteiger partial charge in [0, 0.05) is 19.6 Å². The van der Waals surface area contributed by atoms with Gasteiger partial charge in [-0.1, -0.05) is 13.3 Å². The largest absolute Gasteiger partial charge is 0.332 e. The van der Waals surface area contributed by atoms with E-state index in [4.69, 9.17) is 0 Å². The van der Waals surface area contributed by atoms with Gasteiger partial charge in [-0.05, 0) is 32.4 Å². The number of imidazole rings is 1. The van der Waals surface area contributed by atoms with Crippen LogP contribution in [0.25, 0.3) is 11.2 Å². The summed E-state index contributed by atoms with van der Waals surface area (Å²) >= 11 is 0. The molecule has 7 heteroatoms. The van der Waals surface area contributed by atoms with Gasteiger partial charge in [0.2, 0.25) is 0 Å². The molecule has 1 saturated heterocycles. The van der Waals surface area contributed by atoms with E-state index in [0.717, 1.165) is 38.8 Å². The SMILES string of the molecule is CCCCn1c(=O)n(C)c(=O)c2c1ncn2C1CCNCC1. The molecule has 0 aromatic carbocycles. The Bertz CT molecular complexity index is 780. The highest BCUT2D eigenvalue weighted by molar-refractivity contribution is 5.70. The average Bonchev–Trinajstić information content (AvgIpc) is 2.98. The molecule has 3 rings (SSSR count). The lowest BCUT2D eigenvalue weighted by Gasteiger charge is -2.24. The van der Waals surface area contributed by atoms with Crippen molar-refractivity contribution in [3.05, 3.63) is 27.2 Å². The predicted octanol–water partition coefficient (Wildman–Crippen LogP) is 0.621. The molecular formula is C15H23N5O2. The number of piperidine rings is 1. The number of hydrogen-bond acceptors (Lipinski definition) is 4. The molecule has 120 valence electrons. The Morgan fingerprint density at radius 2 is 2.05 bits per heavy atom. The Labute approximate surface area is 128 Å². The summed E-state index contributed by atoms with van der Waals surface area (Å²) in [4.78, 5) is 29.3. The Hall–Kier alpha value is -1.89. The van der Waals surface area contributed by atoms with Crippen LogP contribution in [0.15, 0.2) is 15.9 Å². The minimum absolute atomic E-state index is 0.246. The number of nitrogens with zero attached hydrogens (tertiary/aromatic N) is 4. The summed E-state index contributed by atoms with van der Waals surface area (Å²) in [5.74, 6) is 0. The molecule has 0 saturated carbocycles. The molecule has 0 bridgehead atoms. The highest BCUT2D eigenvalue weighted by atomic mass is 16.2. The van der Waals surface area contributed by atoms with Crippen LogP contribution < -0.4 is 16.6 Å². The highest BCUT2D eigenvalue weighted by Crippen LogP contribution is 2.21. The number of nitrogens with one attached hydrogen (secondary N) is 1. The lowest BCUT2D eigenvalue weighted by atomic mass is 10.1. The lowest BCUT2D eigenvalue weighted by Crippen LogP contribution is -2.39. The van der Waals surface area contributed by atoms with Gasteiger partial charge < -0.3 is 9.88 Å². The second-order valence-electron chi connectivity index (χ2n) is 5.96. The molecule has 1 fully saturated rings. The Morgan fingerprint density at radius 1 is 1.32 bits per heavy atom. The third kappa shape index (κ3) is 2.39. The topological polar surface area (TPSA) is 73.8 Å². The summed E-state index contributed by atoms with van der Waals surface area (Å²) in [7, 11) is 1.55. The van der Waals surface area contributed by atoms with Gasteiger partial charge in [0.15, 0.2) is 11.2 Å². The van der Waals surface area contributed by atoms with Crippen molar-refractivity contribution in [2.75, 3.05) is 13.1 Å². The summed E-state index contributed by atoms with van der Waals surface area (Å²) in [5, 5.41) is 3.33. The molecule has 1 aliphatic rings. The van der Waals surface area contributed by atoms with Gasteiger partial charge in [-0.15, -0.1) is 0 Å². The van der Waals surface area contributed by atoms with Crippen molar-refractivity contribution < 1.29 is 0 Å². The third-order valence-electron chi connectivity index (χ3n) is 4.49. The molecule has 7 nitrogen and oxygen atoms in total. The fraction of sp³-hybridized carbons (Fsp3) is 0.667. The van der Waals surface area contributed by atoms with E-state index in [1.54, 1.807) is 17.9 Å². The van der Waals surface area contributed by atoms with Crippen LogP contribution in [0.4, 0.5) is 0 Å². The summed E-state index contributed by atoms with van der Waals surface area (Å²) in [6.07, 6.45) is 5.56. The number of fused-ring (bicyclic) bond motifs is 1. The monoisotopic (exact) mass is 305 g/mol. The Kier molecular flexibility index (Phi) is 4.15. The van der Waals surface area contributed by atoms with Crippen LogP contribution >= 0.6 is 0 Å². The molecule has 0 spiro atoms. The minimum Gasteiger partial charge on any atom is -0.322 e. The molecule has 2 aromatic heterocycles. The first-order valence-corrected chi connectivity index (χ1v) is 8.02. The molecule has 22 heavy (non-hydrogen) atoms. The third-order valence-corrected chi connectivity index (χ3v) is 4.49. The standard InChI is InChI=1S/C15H23N5O2/c1-3-4-9-19-13-12(14(21)18(2)15(19)22)20(10-17-13)11-5-7-16-8-6-11/h10-11,16H,3-9H2,1-2H3. The van der Waals surface area contributed by atoms with Crippen LogP contribution in [-0.4, -0.2) is 31.8 Å². The van der Waals surface area contributed by atoms with Gasteiger partial charge in [-0.2, -0.15) is 0 Å². The van der Waals surface area contributed by atoms with Gasteiger partial charge in [-0.25, -0.2) is 9.78 Å². The van der Waals surface area contributed by atoms with E-state index < -0.39 is 0 Å². The van der Waals surface area contributed by atoms with Crippen LogP contribution in [-0.2, 0) is 13.6 Å². The van der Waals surface area contributed by atoms with E-state index in [9.17, 15) is 9.59 Å². The van der Waals surface area contributed by atoms with E-state index in [1.807, 2.05) is 4.57 Å². The maximum Gasteiger partial charge on any atom is 0.332 e. The number of rotatable bonds is 4. The predicted molar refractivity (Wildman–Crippen MR) is 85.3 cm³/mol. The summed E-state index contributed by atoms with van der Waals surface area (Å²) in [6.45, 7) is 4.57. The Balaban J connectivity index is 2.19. The van der Waals surface area contributed by atoms with Gasteiger partial charge in [0.1, 0.15) is 0 Å².